The Balaban J connectivity index is 1.25. The number of benzene rings is 4. The third kappa shape index (κ3) is 5.49. The highest BCUT2D eigenvalue weighted by atomic mass is 16.5. The van der Waals surface area contributed by atoms with E-state index in [1.165, 1.54) is 40.4 Å². The normalized spacial score (nSPS) is 10.9. The molecule has 1 heterocycles. The number of aryl methyl sites for hydroxylation is 1. The van der Waals surface area contributed by atoms with Crippen LogP contribution in [0.4, 0.5) is 5.69 Å². The molecule has 4 nitrogen and oxygen atoms in total. The average molecular weight is 475 g/mol. The van der Waals surface area contributed by atoms with E-state index in [1.807, 2.05) is 0 Å². The van der Waals surface area contributed by atoms with E-state index in [4.69, 9.17) is 4.74 Å². The van der Waals surface area contributed by atoms with Crippen LogP contribution in [0.2, 0.25) is 0 Å². The van der Waals surface area contributed by atoms with Crippen molar-refractivity contribution in [3.8, 4) is 11.3 Å². The number of ether oxygens (including phenoxy) is 1. The minimum atomic E-state index is -0.179. The highest BCUT2D eigenvalue weighted by Crippen LogP contribution is 2.29. The molecular formula is C32H30N2O2. The first kappa shape index (κ1) is 23.4. The minimum absolute atomic E-state index is 0.179. The van der Waals surface area contributed by atoms with Crippen molar-refractivity contribution >= 4 is 22.6 Å². The largest absolute Gasteiger partial charge is 0.469 e. The van der Waals surface area contributed by atoms with Gasteiger partial charge in [-0.05, 0) is 52.9 Å². The van der Waals surface area contributed by atoms with E-state index in [0.717, 1.165) is 24.3 Å². The Morgan fingerprint density at radius 3 is 2.19 bits per heavy atom. The van der Waals surface area contributed by atoms with Gasteiger partial charge in [0.2, 0.25) is 0 Å². The fraction of sp³-hybridized carbons (Fsp3) is 0.156. The van der Waals surface area contributed by atoms with E-state index >= 15 is 0 Å². The van der Waals surface area contributed by atoms with Gasteiger partial charge in [-0.25, -0.2) is 0 Å². The molecule has 0 unspecified atom stereocenters. The Labute approximate surface area is 212 Å². The first-order valence-electron chi connectivity index (χ1n) is 12.3. The van der Waals surface area contributed by atoms with Crippen LogP contribution >= 0.6 is 0 Å². The molecule has 1 aromatic heterocycles. The second-order valence-electron chi connectivity index (χ2n) is 8.98. The first-order chi connectivity index (χ1) is 17.7. The average Bonchev–Trinajstić information content (AvgIpc) is 3.30. The molecule has 0 amide bonds. The van der Waals surface area contributed by atoms with E-state index in [1.54, 1.807) is 0 Å². The number of rotatable bonds is 9. The Morgan fingerprint density at radius 1 is 0.778 bits per heavy atom. The summed E-state index contributed by atoms with van der Waals surface area (Å²) in [5.41, 5.74) is 8.40. The number of hydrogen-bond donors (Lipinski definition) is 1. The molecule has 5 rings (SSSR count). The van der Waals surface area contributed by atoms with Gasteiger partial charge in [-0.3, -0.25) is 4.79 Å². The molecule has 0 aliphatic rings. The van der Waals surface area contributed by atoms with Crippen molar-refractivity contribution in [2.75, 3.05) is 12.4 Å². The van der Waals surface area contributed by atoms with Crippen molar-refractivity contribution in [1.82, 2.24) is 4.57 Å². The predicted octanol–water partition coefficient (Wildman–Crippen LogP) is 7.07. The van der Waals surface area contributed by atoms with Crippen LogP contribution in [0.5, 0.6) is 0 Å². The Hall–Kier alpha value is -4.31. The molecule has 180 valence electrons. The molecule has 0 aliphatic carbocycles. The minimum Gasteiger partial charge on any atom is -0.469 e. The number of esters is 1. The summed E-state index contributed by atoms with van der Waals surface area (Å²) in [7, 11) is 1.42. The number of carbonyl (C=O) groups excluding carboxylic acids is 1. The molecule has 36 heavy (non-hydrogen) atoms. The summed E-state index contributed by atoms with van der Waals surface area (Å²) < 4.78 is 7.12. The predicted molar refractivity (Wildman–Crippen MR) is 147 cm³/mol. The summed E-state index contributed by atoms with van der Waals surface area (Å²) in [6.45, 7) is 1.57. The number of methoxy groups -OCH3 is 1. The standard InChI is InChI=1S/C32H30N2O2/c1-36-32(35)20-17-24-15-18-29(19-16-24)33-22-25-11-13-26(14-12-25)23-34-30-10-6-5-9-28(30)21-31(34)27-7-3-2-4-8-27/h2-16,18-19,21,33H,17,20,22-23H2,1H3. The quantitative estimate of drug-likeness (QED) is 0.232. The monoisotopic (exact) mass is 474 g/mol. The van der Waals surface area contributed by atoms with E-state index < -0.39 is 0 Å². The molecule has 0 bridgehead atoms. The van der Waals surface area contributed by atoms with Gasteiger partial charge in [0, 0.05) is 41.8 Å². The van der Waals surface area contributed by atoms with Crippen molar-refractivity contribution in [1.29, 1.82) is 0 Å². The van der Waals surface area contributed by atoms with Crippen molar-refractivity contribution < 1.29 is 9.53 Å². The molecule has 0 aliphatic heterocycles. The highest BCUT2D eigenvalue weighted by molar-refractivity contribution is 5.87. The van der Waals surface area contributed by atoms with Crippen LogP contribution in [-0.4, -0.2) is 17.6 Å². The number of aromatic nitrogens is 1. The fourth-order valence-corrected chi connectivity index (χ4v) is 4.52. The van der Waals surface area contributed by atoms with Crippen molar-refractivity contribution in [2.24, 2.45) is 0 Å². The topological polar surface area (TPSA) is 43.3 Å². The third-order valence-corrected chi connectivity index (χ3v) is 6.54. The lowest BCUT2D eigenvalue weighted by Gasteiger charge is -2.13. The Bertz CT molecular complexity index is 1440. The molecule has 4 aromatic carbocycles. The summed E-state index contributed by atoms with van der Waals surface area (Å²) in [6, 6.07) is 38.5. The van der Waals surface area contributed by atoms with Crippen LogP contribution in [-0.2, 0) is 29.0 Å². The number of nitrogens with one attached hydrogen (secondary N) is 1. The summed E-state index contributed by atoms with van der Waals surface area (Å²) in [4.78, 5) is 11.3. The third-order valence-electron chi connectivity index (χ3n) is 6.54. The first-order valence-corrected chi connectivity index (χ1v) is 12.3. The zero-order valence-corrected chi connectivity index (χ0v) is 20.5. The van der Waals surface area contributed by atoms with Gasteiger partial charge in [-0.15, -0.1) is 0 Å². The van der Waals surface area contributed by atoms with Crippen molar-refractivity contribution in [3.05, 3.63) is 126 Å². The number of nitrogens with zero attached hydrogens (tertiary/aromatic N) is 1. The molecule has 0 fully saturated rings. The van der Waals surface area contributed by atoms with Crippen LogP contribution in [0.1, 0.15) is 23.1 Å². The Morgan fingerprint density at radius 2 is 1.44 bits per heavy atom. The SMILES string of the molecule is COC(=O)CCc1ccc(NCc2ccc(Cn3c(-c4ccccc4)cc4ccccc43)cc2)cc1. The number of fused-ring (bicyclic) bond motifs is 1. The lowest BCUT2D eigenvalue weighted by molar-refractivity contribution is -0.140. The lowest BCUT2D eigenvalue weighted by Crippen LogP contribution is -2.03. The molecule has 0 radical (unpaired) electrons. The molecule has 5 aromatic rings. The second kappa shape index (κ2) is 11.0. The second-order valence-corrected chi connectivity index (χ2v) is 8.98. The molecule has 0 saturated heterocycles. The molecule has 1 N–H and O–H groups in total. The van der Waals surface area contributed by atoms with Gasteiger partial charge in [-0.2, -0.15) is 0 Å². The molecular weight excluding hydrogens is 444 g/mol. The van der Waals surface area contributed by atoms with E-state index in [9.17, 15) is 4.79 Å². The van der Waals surface area contributed by atoms with Gasteiger partial charge >= 0.3 is 5.97 Å². The molecule has 0 saturated carbocycles. The van der Waals surface area contributed by atoms with Gasteiger partial charge in [0.1, 0.15) is 0 Å². The summed E-state index contributed by atoms with van der Waals surface area (Å²) in [5.74, 6) is -0.179. The van der Waals surface area contributed by atoms with Crippen LogP contribution in [0.3, 0.4) is 0 Å². The van der Waals surface area contributed by atoms with Gasteiger partial charge in [0.15, 0.2) is 0 Å². The summed E-state index contributed by atoms with van der Waals surface area (Å²) in [6.07, 6.45) is 1.10. The van der Waals surface area contributed by atoms with Gasteiger partial charge in [0.25, 0.3) is 0 Å². The molecule has 4 heteroatoms. The Kier molecular flexibility index (Phi) is 7.13. The molecule has 0 spiro atoms. The number of para-hydroxylation sites is 1. The van der Waals surface area contributed by atoms with Crippen LogP contribution in [0.15, 0.2) is 109 Å². The van der Waals surface area contributed by atoms with E-state index in [-0.39, 0.29) is 5.97 Å². The van der Waals surface area contributed by atoms with Gasteiger partial charge < -0.3 is 14.6 Å². The van der Waals surface area contributed by atoms with Crippen molar-refractivity contribution in [2.45, 2.75) is 25.9 Å². The summed E-state index contributed by atoms with van der Waals surface area (Å²) in [5, 5.41) is 4.75. The van der Waals surface area contributed by atoms with Crippen LogP contribution in [0.25, 0.3) is 22.2 Å². The van der Waals surface area contributed by atoms with Crippen LogP contribution < -0.4 is 5.32 Å². The number of anilines is 1. The number of carbonyl (C=O) groups is 1. The van der Waals surface area contributed by atoms with Gasteiger partial charge in [-0.1, -0.05) is 84.9 Å². The van der Waals surface area contributed by atoms with Gasteiger partial charge in [0.05, 0.1) is 7.11 Å². The lowest BCUT2D eigenvalue weighted by atomic mass is 10.1. The summed E-state index contributed by atoms with van der Waals surface area (Å²) >= 11 is 0. The zero-order valence-electron chi connectivity index (χ0n) is 20.5. The van der Waals surface area contributed by atoms with Crippen LogP contribution in [0, 0.1) is 0 Å². The maximum atomic E-state index is 11.3. The van der Waals surface area contributed by atoms with E-state index in [2.05, 4.69) is 119 Å². The molecule has 0 atom stereocenters. The van der Waals surface area contributed by atoms with Crippen molar-refractivity contribution in [3.63, 3.8) is 0 Å². The highest BCUT2D eigenvalue weighted by Gasteiger charge is 2.11. The zero-order chi connectivity index (χ0) is 24.7. The smallest absolute Gasteiger partial charge is 0.305 e. The maximum absolute atomic E-state index is 11.3. The number of hydrogen-bond acceptors (Lipinski definition) is 3. The fourth-order valence-electron chi connectivity index (χ4n) is 4.52. The maximum Gasteiger partial charge on any atom is 0.305 e. The van der Waals surface area contributed by atoms with E-state index in [0.29, 0.717) is 12.8 Å².